The maximum absolute atomic E-state index is 10.8. The summed E-state index contributed by atoms with van der Waals surface area (Å²) in [6, 6.07) is 0. The Hall–Kier alpha value is -0.990. The standard InChI is InChI=1S/C9H17NO2/c1-4-6-8(5-2)12-7-9(11)10-3/h5H,4,6-7H2,1-3H3,(H,10,11)/b8-5+. The molecule has 0 aromatic rings. The van der Waals surface area contributed by atoms with Crippen molar-refractivity contribution in [2.45, 2.75) is 26.7 Å². The molecule has 0 aromatic carbocycles. The van der Waals surface area contributed by atoms with Crippen molar-refractivity contribution in [1.82, 2.24) is 5.32 Å². The van der Waals surface area contributed by atoms with Crippen molar-refractivity contribution in [2.24, 2.45) is 0 Å². The van der Waals surface area contributed by atoms with Crippen LogP contribution in [0, 0.1) is 0 Å². The first-order chi connectivity index (χ1) is 5.74. The molecule has 0 unspecified atom stereocenters. The van der Waals surface area contributed by atoms with Gasteiger partial charge in [-0.15, -0.1) is 0 Å². The number of likely N-dealkylation sites (N-methyl/N-ethyl adjacent to an activating group) is 1. The SMILES string of the molecule is C/C=C(\CCC)OCC(=O)NC. The lowest BCUT2D eigenvalue weighted by Gasteiger charge is -2.07. The molecule has 12 heavy (non-hydrogen) atoms. The van der Waals surface area contributed by atoms with Gasteiger partial charge in [0.2, 0.25) is 0 Å². The molecule has 3 heteroatoms. The molecule has 1 N–H and O–H groups in total. The summed E-state index contributed by atoms with van der Waals surface area (Å²) in [7, 11) is 1.60. The smallest absolute Gasteiger partial charge is 0.257 e. The second-order valence-electron chi connectivity index (χ2n) is 2.47. The van der Waals surface area contributed by atoms with E-state index in [-0.39, 0.29) is 12.5 Å². The van der Waals surface area contributed by atoms with E-state index in [1.807, 2.05) is 13.0 Å². The molecule has 0 aromatic heterocycles. The second kappa shape index (κ2) is 6.70. The maximum Gasteiger partial charge on any atom is 0.257 e. The third-order valence-electron chi connectivity index (χ3n) is 1.49. The van der Waals surface area contributed by atoms with E-state index in [1.165, 1.54) is 0 Å². The summed E-state index contributed by atoms with van der Waals surface area (Å²) in [5.74, 6) is 0.798. The number of allylic oxidation sites excluding steroid dienone is 2. The van der Waals surface area contributed by atoms with Crippen LogP contribution in [0.2, 0.25) is 0 Å². The van der Waals surface area contributed by atoms with Gasteiger partial charge in [0.05, 0.1) is 5.76 Å². The van der Waals surface area contributed by atoms with Crippen LogP contribution in [0.15, 0.2) is 11.8 Å². The lowest BCUT2D eigenvalue weighted by atomic mass is 10.3. The Balaban J connectivity index is 3.66. The predicted octanol–water partition coefficient (Wildman–Crippen LogP) is 1.45. The van der Waals surface area contributed by atoms with Crippen LogP contribution in [0.1, 0.15) is 26.7 Å². The Morgan fingerprint density at radius 2 is 2.25 bits per heavy atom. The number of hydrogen-bond donors (Lipinski definition) is 1. The summed E-state index contributed by atoms with van der Waals surface area (Å²) in [6.45, 7) is 4.11. The van der Waals surface area contributed by atoms with Crippen molar-refractivity contribution in [1.29, 1.82) is 0 Å². The Kier molecular flexibility index (Phi) is 6.15. The summed E-state index contributed by atoms with van der Waals surface area (Å²) in [5, 5.41) is 2.50. The van der Waals surface area contributed by atoms with Crippen molar-refractivity contribution in [3.05, 3.63) is 11.8 Å². The van der Waals surface area contributed by atoms with Crippen molar-refractivity contribution in [3.63, 3.8) is 0 Å². The Bertz CT molecular complexity index is 164. The van der Waals surface area contributed by atoms with Crippen LogP contribution < -0.4 is 5.32 Å². The average molecular weight is 171 g/mol. The molecule has 1 amide bonds. The van der Waals surface area contributed by atoms with Crippen LogP contribution in [-0.2, 0) is 9.53 Å². The average Bonchev–Trinajstić information content (AvgIpc) is 2.11. The third-order valence-corrected chi connectivity index (χ3v) is 1.49. The van der Waals surface area contributed by atoms with E-state index in [9.17, 15) is 4.79 Å². The lowest BCUT2D eigenvalue weighted by Crippen LogP contribution is -2.23. The highest BCUT2D eigenvalue weighted by atomic mass is 16.5. The van der Waals surface area contributed by atoms with Crippen molar-refractivity contribution >= 4 is 5.91 Å². The van der Waals surface area contributed by atoms with E-state index in [4.69, 9.17) is 4.74 Å². The van der Waals surface area contributed by atoms with Crippen LogP contribution in [0.4, 0.5) is 0 Å². The Morgan fingerprint density at radius 1 is 1.58 bits per heavy atom. The first-order valence-corrected chi connectivity index (χ1v) is 4.23. The minimum atomic E-state index is -0.0922. The van der Waals surface area contributed by atoms with Gasteiger partial charge < -0.3 is 10.1 Å². The molecule has 3 nitrogen and oxygen atoms in total. The molecule has 70 valence electrons. The summed E-state index contributed by atoms with van der Waals surface area (Å²) in [5.41, 5.74) is 0. The van der Waals surface area contributed by atoms with Gasteiger partial charge in [-0.3, -0.25) is 4.79 Å². The highest BCUT2D eigenvalue weighted by Gasteiger charge is 2.00. The Labute approximate surface area is 73.8 Å². The maximum atomic E-state index is 10.8. The highest BCUT2D eigenvalue weighted by molar-refractivity contribution is 5.76. The second-order valence-corrected chi connectivity index (χ2v) is 2.47. The largest absolute Gasteiger partial charge is 0.488 e. The fourth-order valence-corrected chi connectivity index (χ4v) is 0.777. The number of carbonyl (C=O) groups is 1. The molecule has 0 fully saturated rings. The number of hydrogen-bond acceptors (Lipinski definition) is 2. The van der Waals surface area contributed by atoms with Gasteiger partial charge in [-0.05, 0) is 19.4 Å². The molecule has 0 saturated heterocycles. The van der Waals surface area contributed by atoms with Gasteiger partial charge >= 0.3 is 0 Å². The van der Waals surface area contributed by atoms with Crippen LogP contribution in [0.3, 0.4) is 0 Å². The molecule has 0 radical (unpaired) electrons. The lowest BCUT2D eigenvalue weighted by molar-refractivity contribution is -0.124. The third kappa shape index (κ3) is 4.77. The normalized spacial score (nSPS) is 11.1. The van der Waals surface area contributed by atoms with Gasteiger partial charge in [-0.2, -0.15) is 0 Å². The van der Waals surface area contributed by atoms with E-state index < -0.39 is 0 Å². The van der Waals surface area contributed by atoms with Crippen molar-refractivity contribution in [2.75, 3.05) is 13.7 Å². The van der Waals surface area contributed by atoms with E-state index in [0.717, 1.165) is 18.6 Å². The van der Waals surface area contributed by atoms with Crippen LogP contribution in [0.5, 0.6) is 0 Å². The molecule has 0 rings (SSSR count). The molecular weight excluding hydrogens is 154 g/mol. The number of rotatable bonds is 5. The molecule has 0 spiro atoms. The molecule has 0 bridgehead atoms. The van der Waals surface area contributed by atoms with Gasteiger partial charge in [0.25, 0.3) is 5.91 Å². The fourth-order valence-electron chi connectivity index (χ4n) is 0.777. The number of carbonyl (C=O) groups excluding carboxylic acids is 1. The van der Waals surface area contributed by atoms with Gasteiger partial charge in [0.1, 0.15) is 0 Å². The number of nitrogens with one attached hydrogen (secondary N) is 1. The van der Waals surface area contributed by atoms with Gasteiger partial charge in [0.15, 0.2) is 6.61 Å². The predicted molar refractivity (Wildman–Crippen MR) is 48.7 cm³/mol. The van der Waals surface area contributed by atoms with Gasteiger partial charge in [0, 0.05) is 13.5 Å². The van der Waals surface area contributed by atoms with Crippen molar-refractivity contribution in [3.8, 4) is 0 Å². The zero-order chi connectivity index (χ0) is 9.40. The Morgan fingerprint density at radius 3 is 2.67 bits per heavy atom. The van der Waals surface area contributed by atoms with Crippen LogP contribution >= 0.6 is 0 Å². The molecule has 0 heterocycles. The van der Waals surface area contributed by atoms with E-state index in [0.29, 0.717) is 0 Å². The monoisotopic (exact) mass is 171 g/mol. The summed E-state index contributed by atoms with van der Waals surface area (Å²) in [6.07, 6.45) is 3.83. The number of amides is 1. The molecule has 0 aliphatic rings. The molecule has 0 aliphatic carbocycles. The topological polar surface area (TPSA) is 38.3 Å². The van der Waals surface area contributed by atoms with E-state index >= 15 is 0 Å². The first kappa shape index (κ1) is 11.0. The van der Waals surface area contributed by atoms with Crippen LogP contribution in [0.25, 0.3) is 0 Å². The molecule has 0 atom stereocenters. The molecule has 0 saturated carbocycles. The summed E-state index contributed by atoms with van der Waals surface area (Å²) in [4.78, 5) is 10.8. The summed E-state index contributed by atoms with van der Waals surface area (Å²) < 4.78 is 5.23. The van der Waals surface area contributed by atoms with E-state index in [2.05, 4.69) is 12.2 Å². The van der Waals surface area contributed by atoms with Crippen molar-refractivity contribution < 1.29 is 9.53 Å². The van der Waals surface area contributed by atoms with Crippen LogP contribution in [-0.4, -0.2) is 19.6 Å². The summed E-state index contributed by atoms with van der Waals surface area (Å²) >= 11 is 0. The molecule has 0 aliphatic heterocycles. The van der Waals surface area contributed by atoms with E-state index in [1.54, 1.807) is 7.05 Å². The fraction of sp³-hybridized carbons (Fsp3) is 0.667. The highest BCUT2D eigenvalue weighted by Crippen LogP contribution is 2.05. The molecular formula is C9H17NO2. The first-order valence-electron chi connectivity index (χ1n) is 4.23. The zero-order valence-electron chi connectivity index (χ0n) is 8.02. The van der Waals surface area contributed by atoms with Gasteiger partial charge in [-0.25, -0.2) is 0 Å². The minimum Gasteiger partial charge on any atom is -0.488 e. The quantitative estimate of drug-likeness (QED) is 0.636. The van der Waals surface area contributed by atoms with Gasteiger partial charge in [-0.1, -0.05) is 6.92 Å². The zero-order valence-corrected chi connectivity index (χ0v) is 8.02. The minimum absolute atomic E-state index is 0.0922. The number of ether oxygens (including phenoxy) is 1.